The van der Waals surface area contributed by atoms with E-state index in [9.17, 15) is 4.39 Å². The molecule has 102 valence electrons. The zero-order valence-electron chi connectivity index (χ0n) is 10.6. The molecule has 0 spiro atoms. The number of nitrogens with one attached hydrogen (secondary N) is 1. The summed E-state index contributed by atoms with van der Waals surface area (Å²) in [5.41, 5.74) is 3.04. The van der Waals surface area contributed by atoms with Crippen molar-refractivity contribution in [3.8, 4) is 0 Å². The van der Waals surface area contributed by atoms with Gasteiger partial charge in [-0.25, -0.2) is 4.39 Å². The predicted molar refractivity (Wildman–Crippen MR) is 84.9 cm³/mol. The highest BCUT2D eigenvalue weighted by molar-refractivity contribution is 9.10. The Kier molecular flexibility index (Phi) is 3.72. The maximum absolute atomic E-state index is 13.2. The van der Waals surface area contributed by atoms with Crippen LogP contribution in [0.3, 0.4) is 0 Å². The van der Waals surface area contributed by atoms with Gasteiger partial charge in [0.15, 0.2) is 4.77 Å². The Hall–Kier alpha value is -1.46. The van der Waals surface area contributed by atoms with Gasteiger partial charge in [-0.2, -0.15) is 0 Å². The largest absolute Gasteiger partial charge is 0.331 e. The number of aryl methyl sites for hydroxylation is 2. The average Bonchev–Trinajstić information content (AvgIpc) is 2.72. The average molecular weight is 351 g/mol. The van der Waals surface area contributed by atoms with E-state index in [2.05, 4.69) is 20.9 Å². The Morgan fingerprint density at radius 1 is 1.20 bits per heavy atom. The summed E-state index contributed by atoms with van der Waals surface area (Å²) >= 11 is 8.83. The molecule has 0 aliphatic carbocycles. The van der Waals surface area contributed by atoms with Gasteiger partial charge in [0.2, 0.25) is 0 Å². The molecule has 0 amide bonds. The monoisotopic (exact) mass is 350 g/mol. The Labute approximate surface area is 129 Å². The molecular formula is C15H12BrFN2S. The van der Waals surface area contributed by atoms with E-state index in [4.69, 9.17) is 12.2 Å². The number of imidazole rings is 1. The molecule has 0 aliphatic heterocycles. The molecule has 0 saturated heterocycles. The maximum atomic E-state index is 13.2. The molecule has 0 aliphatic rings. The van der Waals surface area contributed by atoms with Crippen LogP contribution < -0.4 is 0 Å². The van der Waals surface area contributed by atoms with Crippen LogP contribution in [0, 0.1) is 10.6 Å². The van der Waals surface area contributed by atoms with Crippen molar-refractivity contribution < 1.29 is 4.39 Å². The Balaban J connectivity index is 1.93. The highest BCUT2D eigenvalue weighted by Crippen LogP contribution is 2.20. The van der Waals surface area contributed by atoms with E-state index in [1.54, 1.807) is 12.1 Å². The van der Waals surface area contributed by atoms with Gasteiger partial charge in [-0.15, -0.1) is 0 Å². The second-order valence-corrected chi connectivity index (χ2v) is 5.93. The fourth-order valence-corrected chi connectivity index (χ4v) is 2.93. The van der Waals surface area contributed by atoms with Gasteiger partial charge in [-0.1, -0.05) is 28.1 Å². The van der Waals surface area contributed by atoms with E-state index in [-0.39, 0.29) is 5.82 Å². The predicted octanol–water partition coefficient (Wildman–Crippen LogP) is 4.84. The molecule has 0 saturated carbocycles. The summed E-state index contributed by atoms with van der Waals surface area (Å²) in [6, 6.07) is 12.7. The molecule has 2 aromatic carbocycles. The van der Waals surface area contributed by atoms with Crippen molar-refractivity contribution in [2.75, 3.05) is 0 Å². The molecule has 0 atom stereocenters. The van der Waals surface area contributed by atoms with Crippen LogP contribution >= 0.6 is 28.1 Å². The summed E-state index contributed by atoms with van der Waals surface area (Å²) in [4.78, 5) is 3.18. The first-order valence-electron chi connectivity index (χ1n) is 6.26. The highest BCUT2D eigenvalue weighted by atomic mass is 79.9. The second kappa shape index (κ2) is 5.50. The molecule has 1 N–H and O–H groups in total. The van der Waals surface area contributed by atoms with Crippen molar-refractivity contribution in [1.29, 1.82) is 0 Å². The van der Waals surface area contributed by atoms with Crippen molar-refractivity contribution >= 4 is 39.2 Å². The summed E-state index contributed by atoms with van der Waals surface area (Å²) in [5, 5.41) is 0. The first-order valence-corrected chi connectivity index (χ1v) is 7.46. The summed E-state index contributed by atoms with van der Waals surface area (Å²) in [7, 11) is 0. The zero-order valence-corrected chi connectivity index (χ0v) is 13.0. The summed E-state index contributed by atoms with van der Waals surface area (Å²) in [6.45, 7) is 0.721. The summed E-state index contributed by atoms with van der Waals surface area (Å²) in [5.74, 6) is -0.201. The van der Waals surface area contributed by atoms with Crippen molar-refractivity contribution in [2.24, 2.45) is 0 Å². The van der Waals surface area contributed by atoms with Gasteiger partial charge < -0.3 is 9.55 Å². The molecule has 0 unspecified atom stereocenters. The van der Waals surface area contributed by atoms with Crippen LogP contribution in [0.1, 0.15) is 5.56 Å². The number of hydrogen-bond donors (Lipinski definition) is 1. The lowest BCUT2D eigenvalue weighted by molar-refractivity contribution is 0.622. The third kappa shape index (κ3) is 2.69. The van der Waals surface area contributed by atoms with Crippen molar-refractivity contribution in [2.45, 2.75) is 13.0 Å². The summed E-state index contributed by atoms with van der Waals surface area (Å²) in [6.07, 6.45) is 0.742. The third-order valence-electron chi connectivity index (χ3n) is 3.25. The van der Waals surface area contributed by atoms with Crippen LogP contribution in [-0.2, 0) is 13.0 Å². The lowest BCUT2D eigenvalue weighted by atomic mass is 10.1. The Bertz CT molecular complexity index is 822. The topological polar surface area (TPSA) is 20.7 Å². The van der Waals surface area contributed by atoms with Crippen LogP contribution in [-0.4, -0.2) is 9.55 Å². The molecule has 5 heteroatoms. The fourth-order valence-electron chi connectivity index (χ4n) is 2.28. The number of fused-ring (bicyclic) bond motifs is 1. The minimum absolute atomic E-state index is 0.201. The molecule has 2 nitrogen and oxygen atoms in total. The highest BCUT2D eigenvalue weighted by Gasteiger charge is 2.05. The Morgan fingerprint density at radius 2 is 2.05 bits per heavy atom. The molecule has 3 aromatic rings. The fraction of sp³-hybridized carbons (Fsp3) is 0.133. The molecular weight excluding hydrogens is 339 g/mol. The van der Waals surface area contributed by atoms with Gasteiger partial charge in [0.05, 0.1) is 11.0 Å². The standard InChI is InChI=1S/C15H12BrFN2S/c16-11-4-5-13-14(9-11)19(15(20)18-13)7-6-10-2-1-3-12(17)8-10/h1-5,8-9H,6-7H2,(H,18,20). The first-order chi connectivity index (χ1) is 9.63. The van der Waals surface area contributed by atoms with Gasteiger partial charge in [0, 0.05) is 11.0 Å². The SMILES string of the molecule is Fc1cccc(CCn2c(=S)[nH]c3ccc(Br)cc32)c1. The number of aromatic nitrogens is 2. The van der Waals surface area contributed by atoms with Crippen molar-refractivity contribution in [3.63, 3.8) is 0 Å². The van der Waals surface area contributed by atoms with Gasteiger partial charge >= 0.3 is 0 Å². The van der Waals surface area contributed by atoms with E-state index in [0.717, 1.165) is 34.0 Å². The number of halogens is 2. The number of rotatable bonds is 3. The van der Waals surface area contributed by atoms with E-state index in [0.29, 0.717) is 4.77 Å². The molecule has 1 aromatic heterocycles. The number of hydrogen-bond acceptors (Lipinski definition) is 1. The second-order valence-electron chi connectivity index (χ2n) is 4.62. The van der Waals surface area contributed by atoms with Gasteiger partial charge in [-0.05, 0) is 54.5 Å². The summed E-state index contributed by atoms with van der Waals surface area (Å²) < 4.78 is 16.9. The lowest BCUT2D eigenvalue weighted by Gasteiger charge is -2.05. The number of nitrogens with zero attached hydrogens (tertiary/aromatic N) is 1. The third-order valence-corrected chi connectivity index (χ3v) is 4.07. The lowest BCUT2D eigenvalue weighted by Crippen LogP contribution is -2.01. The zero-order chi connectivity index (χ0) is 14.1. The van der Waals surface area contributed by atoms with Gasteiger partial charge in [0.25, 0.3) is 0 Å². The number of H-pyrrole nitrogens is 1. The quantitative estimate of drug-likeness (QED) is 0.670. The van der Waals surface area contributed by atoms with E-state index >= 15 is 0 Å². The first kappa shape index (κ1) is 13.5. The van der Waals surface area contributed by atoms with Crippen molar-refractivity contribution in [1.82, 2.24) is 9.55 Å². The Morgan fingerprint density at radius 3 is 2.85 bits per heavy atom. The van der Waals surface area contributed by atoms with Crippen LogP contribution in [0.5, 0.6) is 0 Å². The maximum Gasteiger partial charge on any atom is 0.178 e. The number of aromatic amines is 1. The molecule has 0 bridgehead atoms. The molecule has 1 heterocycles. The van der Waals surface area contributed by atoms with Crippen LogP contribution in [0.4, 0.5) is 4.39 Å². The molecule has 20 heavy (non-hydrogen) atoms. The van der Waals surface area contributed by atoms with Crippen LogP contribution in [0.25, 0.3) is 11.0 Å². The normalized spacial score (nSPS) is 11.1. The number of benzene rings is 2. The van der Waals surface area contributed by atoms with E-state index in [1.165, 1.54) is 6.07 Å². The van der Waals surface area contributed by atoms with Crippen LogP contribution in [0.15, 0.2) is 46.9 Å². The van der Waals surface area contributed by atoms with Gasteiger partial charge in [-0.3, -0.25) is 0 Å². The minimum atomic E-state index is -0.201. The van der Waals surface area contributed by atoms with Gasteiger partial charge in [0.1, 0.15) is 5.82 Å². The molecule has 0 fully saturated rings. The minimum Gasteiger partial charge on any atom is -0.331 e. The van der Waals surface area contributed by atoms with E-state index in [1.807, 2.05) is 28.8 Å². The molecule has 3 rings (SSSR count). The van der Waals surface area contributed by atoms with Crippen LogP contribution in [0.2, 0.25) is 0 Å². The smallest absolute Gasteiger partial charge is 0.178 e. The van der Waals surface area contributed by atoms with Crippen molar-refractivity contribution in [3.05, 3.63) is 63.1 Å². The molecule has 0 radical (unpaired) electrons. The van der Waals surface area contributed by atoms with E-state index < -0.39 is 0 Å².